The van der Waals surface area contributed by atoms with Crippen LogP contribution in [0.4, 0.5) is 5.69 Å². The largest absolute Gasteiger partial charge is 0.483 e. The zero-order chi connectivity index (χ0) is 23.1. The predicted octanol–water partition coefficient (Wildman–Crippen LogP) is 4.85. The van der Waals surface area contributed by atoms with Gasteiger partial charge in [0.2, 0.25) is 5.91 Å². The zero-order valence-electron chi connectivity index (χ0n) is 18.4. The van der Waals surface area contributed by atoms with E-state index in [4.69, 9.17) is 4.74 Å². The molecule has 0 aliphatic carbocycles. The fourth-order valence-corrected chi connectivity index (χ4v) is 3.78. The molecule has 166 valence electrons. The van der Waals surface area contributed by atoms with Gasteiger partial charge in [-0.1, -0.05) is 47.7 Å². The van der Waals surface area contributed by atoms with Gasteiger partial charge in [0.05, 0.1) is 5.75 Å². The molecule has 0 fully saturated rings. The van der Waals surface area contributed by atoms with Gasteiger partial charge in [-0.15, -0.1) is 16.8 Å². The van der Waals surface area contributed by atoms with Crippen molar-refractivity contribution >= 4 is 29.1 Å². The van der Waals surface area contributed by atoms with Crippen molar-refractivity contribution in [2.24, 2.45) is 0 Å². The topological polar surface area (TPSA) is 86.1 Å². The summed E-state index contributed by atoms with van der Waals surface area (Å²) in [6, 6.07) is 14.7. The number of aromatic nitrogens is 3. The number of nitrogens with zero attached hydrogens (tertiary/aromatic N) is 3. The Labute approximate surface area is 191 Å². The molecule has 1 aromatic heterocycles. The number of benzene rings is 2. The van der Waals surface area contributed by atoms with Crippen LogP contribution in [-0.2, 0) is 11.3 Å². The van der Waals surface area contributed by atoms with Crippen molar-refractivity contribution in [2.75, 3.05) is 11.1 Å². The number of carbonyl (C=O) groups excluding carboxylic acids is 2. The Kier molecular flexibility index (Phi) is 7.83. The van der Waals surface area contributed by atoms with Crippen LogP contribution in [0, 0.1) is 6.92 Å². The molecule has 0 radical (unpaired) electrons. The number of hydrogen-bond donors (Lipinski definition) is 1. The van der Waals surface area contributed by atoms with Crippen molar-refractivity contribution in [1.82, 2.24) is 14.8 Å². The minimum atomic E-state index is -0.331. The Bertz CT molecular complexity index is 1110. The molecule has 0 bridgehead atoms. The highest BCUT2D eigenvalue weighted by Gasteiger charge is 2.20. The van der Waals surface area contributed by atoms with Gasteiger partial charge in [-0.3, -0.25) is 14.2 Å². The minimum absolute atomic E-state index is 0.0532. The number of nitrogens with one attached hydrogen (secondary N) is 1. The quantitative estimate of drug-likeness (QED) is 0.270. The molecule has 32 heavy (non-hydrogen) atoms. The van der Waals surface area contributed by atoms with E-state index in [0.29, 0.717) is 28.8 Å². The van der Waals surface area contributed by atoms with Crippen LogP contribution in [0.5, 0.6) is 5.75 Å². The van der Waals surface area contributed by atoms with Crippen molar-refractivity contribution in [3.8, 4) is 5.75 Å². The molecule has 7 nitrogen and oxygen atoms in total. The van der Waals surface area contributed by atoms with Gasteiger partial charge in [-0.25, -0.2) is 0 Å². The molecule has 8 heteroatoms. The third-order valence-electron chi connectivity index (χ3n) is 4.64. The fraction of sp³-hybridized carbons (Fsp3) is 0.250. The van der Waals surface area contributed by atoms with Crippen LogP contribution in [0.2, 0.25) is 0 Å². The number of Topliss-reactive ketones (excluding diaryl/α,β-unsaturated/α-hetero) is 1. The van der Waals surface area contributed by atoms with Crippen molar-refractivity contribution < 1.29 is 14.3 Å². The molecule has 1 heterocycles. The second-order valence-electron chi connectivity index (χ2n) is 7.29. The van der Waals surface area contributed by atoms with Crippen LogP contribution in [0.15, 0.2) is 66.3 Å². The first-order chi connectivity index (χ1) is 15.4. The lowest BCUT2D eigenvalue weighted by Gasteiger charge is -2.16. The summed E-state index contributed by atoms with van der Waals surface area (Å²) in [5.41, 5.74) is 2.29. The van der Waals surface area contributed by atoms with Gasteiger partial charge in [-0.05, 0) is 45.0 Å². The maximum absolute atomic E-state index is 12.4. The van der Waals surface area contributed by atoms with Gasteiger partial charge in [0.1, 0.15) is 5.75 Å². The molecule has 0 saturated heterocycles. The highest BCUT2D eigenvalue weighted by atomic mass is 32.2. The lowest BCUT2D eigenvalue weighted by molar-refractivity contribution is -0.113. The third-order valence-corrected chi connectivity index (χ3v) is 5.61. The Morgan fingerprint density at radius 2 is 1.97 bits per heavy atom. The van der Waals surface area contributed by atoms with Gasteiger partial charge < -0.3 is 10.1 Å². The van der Waals surface area contributed by atoms with Crippen LogP contribution in [0.25, 0.3) is 0 Å². The van der Waals surface area contributed by atoms with Gasteiger partial charge in [0.15, 0.2) is 22.9 Å². The number of allylic oxidation sites excluding steroid dienone is 1. The smallest absolute Gasteiger partial charge is 0.234 e. The number of ketones is 1. The molecule has 0 aliphatic heterocycles. The number of aryl methyl sites for hydroxylation is 1. The predicted molar refractivity (Wildman–Crippen MR) is 126 cm³/mol. The maximum atomic E-state index is 12.4. The second-order valence-corrected chi connectivity index (χ2v) is 8.23. The second kappa shape index (κ2) is 10.8. The molecule has 0 spiro atoms. The summed E-state index contributed by atoms with van der Waals surface area (Å²) in [4.78, 5) is 24.0. The number of ether oxygens (including phenoxy) is 1. The van der Waals surface area contributed by atoms with Crippen molar-refractivity contribution in [3.63, 3.8) is 0 Å². The number of thioether (sulfide) groups is 1. The Morgan fingerprint density at radius 3 is 2.66 bits per heavy atom. The molecule has 3 aromatic rings. The van der Waals surface area contributed by atoms with Crippen molar-refractivity contribution in [1.29, 1.82) is 0 Å². The molecule has 1 N–H and O–H groups in total. The SMILES string of the molecule is C=CCn1c(SCC(=O)Nc2cccc(C(C)=O)c2)nnc1C(C)Oc1ccc(C)cc1. The highest BCUT2D eigenvalue weighted by molar-refractivity contribution is 7.99. The molecular formula is C24H26N4O3S. The first kappa shape index (κ1) is 23.3. The number of rotatable bonds is 10. The average molecular weight is 451 g/mol. The normalized spacial score (nSPS) is 11.6. The molecule has 0 saturated carbocycles. The number of amides is 1. The van der Waals surface area contributed by atoms with Crippen LogP contribution in [0.3, 0.4) is 0 Å². The van der Waals surface area contributed by atoms with E-state index in [1.807, 2.05) is 42.7 Å². The molecule has 0 aliphatic rings. The van der Waals surface area contributed by atoms with E-state index in [1.165, 1.54) is 18.7 Å². The van der Waals surface area contributed by atoms with Crippen molar-refractivity contribution in [3.05, 3.63) is 78.1 Å². The van der Waals surface area contributed by atoms with Gasteiger partial charge in [0, 0.05) is 17.8 Å². The van der Waals surface area contributed by atoms with E-state index in [9.17, 15) is 9.59 Å². The number of carbonyl (C=O) groups is 2. The lowest BCUT2D eigenvalue weighted by Crippen LogP contribution is -2.15. The van der Waals surface area contributed by atoms with Crippen LogP contribution < -0.4 is 10.1 Å². The van der Waals surface area contributed by atoms with Gasteiger partial charge >= 0.3 is 0 Å². The Hall–Kier alpha value is -3.39. The number of hydrogen-bond acceptors (Lipinski definition) is 6. The first-order valence-corrected chi connectivity index (χ1v) is 11.2. The summed E-state index contributed by atoms with van der Waals surface area (Å²) in [7, 11) is 0. The monoisotopic (exact) mass is 450 g/mol. The summed E-state index contributed by atoms with van der Waals surface area (Å²) in [6.07, 6.45) is 1.42. The van der Waals surface area contributed by atoms with Crippen molar-refractivity contribution in [2.45, 2.75) is 38.6 Å². The molecule has 3 rings (SSSR count). The maximum Gasteiger partial charge on any atom is 0.234 e. The van der Waals surface area contributed by atoms with E-state index in [2.05, 4.69) is 22.1 Å². The lowest BCUT2D eigenvalue weighted by atomic mass is 10.1. The van der Waals surface area contributed by atoms with Crippen LogP contribution in [-0.4, -0.2) is 32.2 Å². The first-order valence-electron chi connectivity index (χ1n) is 10.2. The summed E-state index contributed by atoms with van der Waals surface area (Å²) < 4.78 is 7.91. The number of anilines is 1. The average Bonchev–Trinajstić information content (AvgIpc) is 3.17. The summed E-state index contributed by atoms with van der Waals surface area (Å²) >= 11 is 1.28. The van der Waals surface area contributed by atoms with Crippen LogP contribution in [0.1, 0.15) is 41.7 Å². The molecule has 2 aromatic carbocycles. The van der Waals surface area contributed by atoms with E-state index in [0.717, 1.165) is 11.3 Å². The standard InChI is InChI=1S/C24H26N4O3S/c1-5-13-28-23(18(4)31-21-11-9-16(2)10-12-21)26-27-24(28)32-15-22(30)25-20-8-6-7-19(14-20)17(3)29/h5-12,14,18H,1,13,15H2,2-4H3,(H,25,30). The third kappa shape index (κ3) is 6.07. The fourth-order valence-electron chi connectivity index (χ4n) is 3.03. The molecular weight excluding hydrogens is 424 g/mol. The van der Waals surface area contributed by atoms with Gasteiger partial charge in [0.25, 0.3) is 0 Å². The molecule has 1 amide bonds. The van der Waals surface area contributed by atoms with E-state index in [1.54, 1.807) is 30.3 Å². The minimum Gasteiger partial charge on any atom is -0.483 e. The van der Waals surface area contributed by atoms with Gasteiger partial charge in [-0.2, -0.15) is 0 Å². The Morgan fingerprint density at radius 1 is 1.22 bits per heavy atom. The van der Waals surface area contributed by atoms with E-state index >= 15 is 0 Å². The van der Waals surface area contributed by atoms with E-state index in [-0.39, 0.29) is 23.5 Å². The summed E-state index contributed by atoms with van der Waals surface area (Å²) in [5, 5.41) is 12.0. The summed E-state index contributed by atoms with van der Waals surface area (Å²) in [6.45, 7) is 9.73. The Balaban J connectivity index is 1.66. The molecule has 1 unspecified atom stereocenters. The molecule has 1 atom stereocenters. The zero-order valence-corrected chi connectivity index (χ0v) is 19.2. The van der Waals surface area contributed by atoms with E-state index < -0.39 is 0 Å². The highest BCUT2D eigenvalue weighted by Crippen LogP contribution is 2.25. The summed E-state index contributed by atoms with van der Waals surface area (Å²) in [5.74, 6) is 1.30. The van der Waals surface area contributed by atoms with Crippen LogP contribution >= 0.6 is 11.8 Å².